The molecule has 0 radical (unpaired) electrons. The second-order valence-electron chi connectivity index (χ2n) is 11.6. The molecular formula is C37H31N3Si. The van der Waals surface area contributed by atoms with Crippen molar-refractivity contribution in [3.05, 3.63) is 133 Å². The van der Waals surface area contributed by atoms with Gasteiger partial charge in [0.05, 0.1) is 30.5 Å². The molecule has 7 aromatic rings. The number of hydrogen-bond donors (Lipinski definition) is 0. The smallest absolute Gasteiger partial charge is 0.160 e. The molecule has 41 heavy (non-hydrogen) atoms. The monoisotopic (exact) mass is 545 g/mol. The van der Waals surface area contributed by atoms with E-state index in [2.05, 4.69) is 152 Å². The van der Waals surface area contributed by atoms with Crippen molar-refractivity contribution in [2.24, 2.45) is 0 Å². The van der Waals surface area contributed by atoms with Crippen LogP contribution in [0.1, 0.15) is 0 Å². The molecule has 0 N–H and O–H groups in total. The summed E-state index contributed by atoms with van der Waals surface area (Å²) in [5.41, 5.74) is 8.54. The van der Waals surface area contributed by atoms with Crippen LogP contribution < -0.4 is 5.19 Å². The lowest BCUT2D eigenvalue weighted by Gasteiger charge is -2.17. The van der Waals surface area contributed by atoms with E-state index in [9.17, 15) is 0 Å². The van der Waals surface area contributed by atoms with Crippen molar-refractivity contribution in [3.63, 3.8) is 0 Å². The van der Waals surface area contributed by atoms with E-state index in [0.717, 1.165) is 39.6 Å². The summed E-state index contributed by atoms with van der Waals surface area (Å²) in [5, 5.41) is 3.91. The number of para-hydroxylation sites is 2. The topological polar surface area (TPSA) is 30.7 Å². The minimum atomic E-state index is -1.49. The molecule has 4 heteroatoms. The van der Waals surface area contributed by atoms with Crippen LogP contribution in [0.15, 0.2) is 133 Å². The Bertz CT molecular complexity index is 1980. The normalized spacial score (nSPS) is 11.8. The summed E-state index contributed by atoms with van der Waals surface area (Å²) in [6, 6.07) is 47.3. The molecule has 0 aliphatic heterocycles. The molecule has 0 atom stereocenters. The molecule has 0 saturated heterocycles. The average Bonchev–Trinajstić information content (AvgIpc) is 3.35. The molecule has 5 aromatic carbocycles. The molecule has 2 heterocycles. The Labute approximate surface area is 241 Å². The van der Waals surface area contributed by atoms with E-state index in [1.165, 1.54) is 27.0 Å². The van der Waals surface area contributed by atoms with E-state index < -0.39 is 8.07 Å². The third-order valence-electron chi connectivity index (χ3n) is 7.76. The minimum absolute atomic E-state index is 0.753. The third-order valence-corrected chi connectivity index (χ3v) is 9.81. The summed E-state index contributed by atoms with van der Waals surface area (Å²) < 4.78 is 2.35. The van der Waals surface area contributed by atoms with E-state index in [-0.39, 0.29) is 0 Å². The van der Waals surface area contributed by atoms with Gasteiger partial charge in [0.15, 0.2) is 5.82 Å². The lowest BCUT2D eigenvalue weighted by atomic mass is 10.1. The fourth-order valence-electron chi connectivity index (χ4n) is 5.61. The van der Waals surface area contributed by atoms with Crippen molar-refractivity contribution < 1.29 is 0 Å². The second kappa shape index (κ2) is 9.99. The quantitative estimate of drug-likeness (QED) is 0.202. The summed E-state index contributed by atoms with van der Waals surface area (Å²) >= 11 is 0. The van der Waals surface area contributed by atoms with E-state index >= 15 is 0 Å². The van der Waals surface area contributed by atoms with E-state index in [1.54, 1.807) is 0 Å². The van der Waals surface area contributed by atoms with Crippen LogP contribution in [0, 0.1) is 0 Å². The maximum Gasteiger partial charge on any atom is 0.160 e. The predicted octanol–water partition coefficient (Wildman–Crippen LogP) is 9.12. The molecule has 0 bridgehead atoms. The minimum Gasteiger partial charge on any atom is -0.309 e. The highest BCUT2D eigenvalue weighted by molar-refractivity contribution is 6.88. The van der Waals surface area contributed by atoms with Gasteiger partial charge in [-0.25, -0.2) is 9.97 Å². The van der Waals surface area contributed by atoms with Gasteiger partial charge in [-0.05, 0) is 30.3 Å². The van der Waals surface area contributed by atoms with E-state index in [1.807, 2.05) is 6.07 Å². The highest BCUT2D eigenvalue weighted by Crippen LogP contribution is 2.34. The number of rotatable bonds is 5. The van der Waals surface area contributed by atoms with Gasteiger partial charge in [0.25, 0.3) is 0 Å². The van der Waals surface area contributed by atoms with E-state index in [0.29, 0.717) is 0 Å². The fourth-order valence-corrected chi connectivity index (χ4v) is 6.80. The molecular weight excluding hydrogens is 515 g/mol. The van der Waals surface area contributed by atoms with Crippen molar-refractivity contribution in [2.75, 3.05) is 0 Å². The van der Waals surface area contributed by atoms with Crippen LogP contribution in [-0.2, 0) is 0 Å². The summed E-state index contributed by atoms with van der Waals surface area (Å²) in [6.45, 7) is 7.12. The van der Waals surface area contributed by atoms with Crippen LogP contribution in [-0.4, -0.2) is 22.6 Å². The Morgan fingerprint density at radius 1 is 0.488 bits per heavy atom. The van der Waals surface area contributed by atoms with Gasteiger partial charge in [0.2, 0.25) is 0 Å². The Morgan fingerprint density at radius 2 is 1.05 bits per heavy atom. The summed E-state index contributed by atoms with van der Waals surface area (Å²) in [4.78, 5) is 10.2. The molecule has 3 nitrogen and oxygen atoms in total. The molecule has 0 aliphatic carbocycles. The van der Waals surface area contributed by atoms with Crippen LogP contribution >= 0.6 is 0 Å². The number of nitrogens with zero attached hydrogens (tertiary/aromatic N) is 3. The SMILES string of the molecule is C[Si](C)(C)c1cccc(-c2nc(-c3ccccc3)cc(-c3cccc(-n4c5ccccc5c5ccccc54)c3)n2)c1. The van der Waals surface area contributed by atoms with Crippen molar-refractivity contribution in [2.45, 2.75) is 19.6 Å². The van der Waals surface area contributed by atoms with Gasteiger partial charge in [-0.15, -0.1) is 0 Å². The van der Waals surface area contributed by atoms with Crippen LogP contribution in [0.4, 0.5) is 0 Å². The first-order valence-corrected chi connectivity index (χ1v) is 17.6. The summed E-state index contributed by atoms with van der Waals surface area (Å²) in [6.07, 6.45) is 0. The Kier molecular flexibility index (Phi) is 6.13. The van der Waals surface area contributed by atoms with Gasteiger partial charge in [-0.1, -0.05) is 128 Å². The van der Waals surface area contributed by atoms with Crippen LogP contribution in [0.25, 0.3) is 61.4 Å². The van der Waals surface area contributed by atoms with Gasteiger partial charge in [0.1, 0.15) is 0 Å². The second-order valence-corrected chi connectivity index (χ2v) is 16.7. The van der Waals surface area contributed by atoms with Gasteiger partial charge in [0, 0.05) is 33.2 Å². The largest absolute Gasteiger partial charge is 0.309 e. The Hall–Kier alpha value is -4.80. The van der Waals surface area contributed by atoms with Crippen molar-refractivity contribution in [1.29, 1.82) is 0 Å². The first kappa shape index (κ1) is 25.2. The Morgan fingerprint density at radius 3 is 1.73 bits per heavy atom. The molecule has 0 amide bonds. The molecule has 0 fully saturated rings. The molecule has 0 spiro atoms. The molecule has 0 unspecified atom stereocenters. The highest BCUT2D eigenvalue weighted by Gasteiger charge is 2.18. The van der Waals surface area contributed by atoms with Crippen LogP contribution in [0.5, 0.6) is 0 Å². The first-order valence-electron chi connectivity index (χ1n) is 14.1. The Balaban J connectivity index is 1.42. The van der Waals surface area contributed by atoms with Crippen molar-refractivity contribution >= 4 is 35.1 Å². The number of benzene rings is 5. The fraction of sp³-hybridized carbons (Fsp3) is 0.0811. The maximum absolute atomic E-state index is 5.16. The number of aromatic nitrogens is 3. The van der Waals surface area contributed by atoms with Crippen LogP contribution in [0.2, 0.25) is 19.6 Å². The van der Waals surface area contributed by atoms with Gasteiger partial charge >= 0.3 is 0 Å². The van der Waals surface area contributed by atoms with Gasteiger partial charge in [-0.2, -0.15) is 0 Å². The maximum atomic E-state index is 5.16. The van der Waals surface area contributed by atoms with Gasteiger partial charge in [-0.3, -0.25) is 0 Å². The lowest BCUT2D eigenvalue weighted by molar-refractivity contribution is 1.16. The molecule has 0 aliphatic rings. The summed E-state index contributed by atoms with van der Waals surface area (Å²) in [5.74, 6) is 0.753. The zero-order valence-electron chi connectivity index (χ0n) is 23.5. The molecule has 7 rings (SSSR count). The zero-order valence-corrected chi connectivity index (χ0v) is 24.5. The van der Waals surface area contributed by atoms with Crippen molar-refractivity contribution in [1.82, 2.24) is 14.5 Å². The first-order chi connectivity index (χ1) is 20.0. The highest BCUT2D eigenvalue weighted by atomic mass is 28.3. The standard InChI is InChI=1S/C37H31N3Si/c1-41(2,3)30-18-12-16-28(24-30)37-38-33(26-13-5-4-6-14-26)25-34(39-37)27-15-11-17-29(23-27)40-35-21-9-7-19-31(35)32-20-8-10-22-36(32)40/h4-25H,1-3H3. The van der Waals surface area contributed by atoms with Gasteiger partial charge < -0.3 is 4.57 Å². The third kappa shape index (κ3) is 4.66. The average molecular weight is 546 g/mol. The van der Waals surface area contributed by atoms with Crippen LogP contribution in [0.3, 0.4) is 0 Å². The lowest BCUT2D eigenvalue weighted by Crippen LogP contribution is -2.37. The predicted molar refractivity (Wildman–Crippen MR) is 176 cm³/mol. The molecule has 2 aromatic heterocycles. The summed E-state index contributed by atoms with van der Waals surface area (Å²) in [7, 11) is -1.49. The van der Waals surface area contributed by atoms with E-state index in [4.69, 9.17) is 9.97 Å². The zero-order chi connectivity index (χ0) is 28.0. The molecule has 198 valence electrons. The number of hydrogen-bond acceptors (Lipinski definition) is 2. The molecule has 0 saturated carbocycles. The number of fused-ring (bicyclic) bond motifs is 3. The van der Waals surface area contributed by atoms with Crippen molar-refractivity contribution in [3.8, 4) is 39.6 Å².